The molecule has 0 spiro atoms. The molecule has 0 aliphatic heterocycles. The van der Waals surface area contributed by atoms with Gasteiger partial charge in [-0.25, -0.2) is 0 Å². The SMILES string of the molecule is O=S([O-])[O-].O=S([O-])[O-].O=S([O-])[O-].[Sr+2].[Sr+2].[Sr+2]. The fraction of sp³-hybridized carbons (Fsp3) is 0. The third-order valence-corrected chi connectivity index (χ3v) is 0. The summed E-state index contributed by atoms with van der Waals surface area (Å²) in [5.74, 6) is 0. The van der Waals surface area contributed by atoms with Crippen LogP contribution in [0.15, 0.2) is 0 Å². The Morgan fingerprint density at radius 2 is 0.467 bits per heavy atom. The monoisotopic (exact) mass is 504 g/mol. The maximum atomic E-state index is 8.44. The van der Waals surface area contributed by atoms with Gasteiger partial charge in [-0.2, -0.15) is 0 Å². The maximum absolute atomic E-state index is 8.44. The molecule has 0 aromatic carbocycles. The molecule has 0 unspecified atom stereocenters. The van der Waals surface area contributed by atoms with Crippen LogP contribution < -0.4 is 0 Å². The quantitative estimate of drug-likeness (QED) is 0.233. The average molecular weight is 503 g/mol. The Kier molecular flexibility index (Phi) is 76.3. The summed E-state index contributed by atoms with van der Waals surface area (Å²) in [5, 5.41) is 0. The number of rotatable bonds is 0. The van der Waals surface area contributed by atoms with E-state index in [0.29, 0.717) is 0 Å². The van der Waals surface area contributed by atoms with E-state index in [1.54, 1.807) is 0 Å². The van der Waals surface area contributed by atoms with Crippen molar-refractivity contribution in [3.8, 4) is 0 Å². The molecule has 15 heavy (non-hydrogen) atoms. The van der Waals surface area contributed by atoms with E-state index in [1.165, 1.54) is 0 Å². The van der Waals surface area contributed by atoms with Crippen LogP contribution in [0.3, 0.4) is 0 Å². The van der Waals surface area contributed by atoms with Crippen molar-refractivity contribution in [2.75, 3.05) is 0 Å². The summed E-state index contributed by atoms with van der Waals surface area (Å²) in [4.78, 5) is 0. The third-order valence-electron chi connectivity index (χ3n) is 0. The largest absolute Gasteiger partial charge is 2.00 e. The van der Waals surface area contributed by atoms with Crippen molar-refractivity contribution in [1.29, 1.82) is 0 Å². The Balaban J connectivity index is -0.0000000184. The molecular weight excluding hydrogens is 503 g/mol. The molecule has 0 heterocycles. The van der Waals surface area contributed by atoms with Crippen molar-refractivity contribution in [3.63, 3.8) is 0 Å². The van der Waals surface area contributed by atoms with Gasteiger partial charge in [0.25, 0.3) is 0 Å². The van der Waals surface area contributed by atoms with Gasteiger partial charge in [0.1, 0.15) is 0 Å². The molecule has 0 aliphatic carbocycles. The Labute approximate surface area is 205 Å². The second kappa shape index (κ2) is 31.2. The Morgan fingerprint density at radius 1 is 0.467 bits per heavy atom. The zero-order valence-electron chi connectivity index (χ0n) is 7.02. The van der Waals surface area contributed by atoms with Gasteiger partial charge in [-0.1, -0.05) is 0 Å². The summed E-state index contributed by atoms with van der Waals surface area (Å²) in [7, 11) is 0. The van der Waals surface area contributed by atoms with Gasteiger partial charge >= 0.3 is 136 Å². The normalized spacial score (nSPS) is 7.00. The van der Waals surface area contributed by atoms with Gasteiger partial charge in [-0.05, 0) is 0 Å². The molecular formula is O9S3Sr3. The Hall–Kier alpha value is 4.65. The molecule has 15 heteroatoms. The molecule has 0 rings (SSSR count). The van der Waals surface area contributed by atoms with E-state index in [4.69, 9.17) is 39.9 Å². The van der Waals surface area contributed by atoms with E-state index < -0.39 is 34.1 Å². The molecule has 0 aromatic heterocycles. The molecule has 0 fully saturated rings. The van der Waals surface area contributed by atoms with E-state index in [0.717, 1.165) is 0 Å². The van der Waals surface area contributed by atoms with Crippen LogP contribution >= 0.6 is 0 Å². The van der Waals surface area contributed by atoms with Crippen LogP contribution in [0.2, 0.25) is 0 Å². The molecule has 0 radical (unpaired) electrons. The maximum Gasteiger partial charge on any atom is 2.00 e. The summed E-state index contributed by atoms with van der Waals surface area (Å²) < 4.78 is 76.0. The molecule has 0 saturated carbocycles. The van der Waals surface area contributed by atoms with Crippen molar-refractivity contribution in [1.82, 2.24) is 0 Å². The predicted molar refractivity (Wildman–Crippen MR) is 46.4 cm³/mol. The molecule has 0 atom stereocenters. The molecule has 0 aromatic rings. The first-order valence-corrected chi connectivity index (χ1v) is 4.50. The van der Waals surface area contributed by atoms with Crippen molar-refractivity contribution < 1.29 is 39.9 Å². The predicted octanol–water partition coefficient (Wildman–Crippen LogP) is -4.15. The van der Waals surface area contributed by atoms with E-state index in [2.05, 4.69) is 0 Å². The Bertz CT molecular complexity index is 118. The van der Waals surface area contributed by atoms with Crippen molar-refractivity contribution in [3.05, 3.63) is 0 Å². The van der Waals surface area contributed by atoms with E-state index in [1.807, 2.05) is 0 Å². The van der Waals surface area contributed by atoms with Crippen LogP contribution in [0.1, 0.15) is 0 Å². The minimum Gasteiger partial charge on any atom is -0.784 e. The Morgan fingerprint density at radius 3 is 0.467 bits per heavy atom. The number of hydrogen-bond donors (Lipinski definition) is 0. The topological polar surface area (TPSA) is 190 Å². The van der Waals surface area contributed by atoms with Crippen LogP contribution in [0.4, 0.5) is 0 Å². The molecule has 0 bridgehead atoms. The summed E-state index contributed by atoms with van der Waals surface area (Å²) in [5.41, 5.74) is 0. The van der Waals surface area contributed by atoms with Crippen LogP contribution in [-0.2, 0) is 34.1 Å². The molecule has 0 amide bonds. The van der Waals surface area contributed by atoms with Crippen molar-refractivity contribution in [2.45, 2.75) is 0 Å². The zero-order chi connectivity index (χ0) is 10.7. The van der Waals surface area contributed by atoms with Gasteiger partial charge < -0.3 is 27.3 Å². The molecule has 0 N–H and O–H groups in total. The first-order chi connectivity index (χ1) is 5.20. The summed E-state index contributed by atoms with van der Waals surface area (Å²) in [6.45, 7) is 0. The van der Waals surface area contributed by atoms with Crippen molar-refractivity contribution in [2.24, 2.45) is 0 Å². The molecule has 9 nitrogen and oxygen atoms in total. The van der Waals surface area contributed by atoms with Crippen LogP contribution in [0, 0.1) is 0 Å². The number of hydrogen-bond acceptors (Lipinski definition) is 9. The smallest absolute Gasteiger partial charge is 0.784 e. The second-order valence-electron chi connectivity index (χ2n) is 0.612. The molecule has 0 saturated heterocycles. The van der Waals surface area contributed by atoms with E-state index in [9.17, 15) is 0 Å². The summed E-state index contributed by atoms with van der Waals surface area (Å²) in [6.07, 6.45) is 0. The first-order valence-electron chi connectivity index (χ1n) is 1.50. The van der Waals surface area contributed by atoms with Crippen LogP contribution in [-0.4, -0.2) is 176 Å². The van der Waals surface area contributed by atoms with Gasteiger partial charge in [0.15, 0.2) is 0 Å². The fourth-order valence-electron chi connectivity index (χ4n) is 0. The van der Waals surface area contributed by atoms with Crippen molar-refractivity contribution >= 4 is 171 Å². The first kappa shape index (κ1) is 36.7. The van der Waals surface area contributed by atoms with Gasteiger partial charge in [-0.3, -0.25) is 12.6 Å². The van der Waals surface area contributed by atoms with Crippen LogP contribution in [0.25, 0.3) is 0 Å². The molecule has 0 aliphatic rings. The van der Waals surface area contributed by atoms with E-state index in [-0.39, 0.29) is 136 Å². The fourth-order valence-corrected chi connectivity index (χ4v) is 0. The third kappa shape index (κ3) is 239. The minimum atomic E-state index is -3.11. The van der Waals surface area contributed by atoms with E-state index >= 15 is 0 Å². The van der Waals surface area contributed by atoms with Gasteiger partial charge in [-0.15, -0.1) is 34.1 Å². The summed E-state index contributed by atoms with van der Waals surface area (Å²) in [6, 6.07) is 0. The second-order valence-corrected chi connectivity index (χ2v) is 1.84. The zero-order valence-corrected chi connectivity index (χ0v) is 19.9. The molecule has 78 valence electrons. The summed E-state index contributed by atoms with van der Waals surface area (Å²) >= 11 is -9.33. The van der Waals surface area contributed by atoms with Gasteiger partial charge in [0.05, 0.1) is 0 Å². The van der Waals surface area contributed by atoms with Crippen LogP contribution in [0.5, 0.6) is 0 Å². The minimum absolute atomic E-state index is 0. The average Bonchev–Trinajstić information content (AvgIpc) is 1.54. The standard InChI is InChI=1S/3H2O3S.3Sr/c3*1-4(2)3;;;/h3*(H2,1,2,3);;;/q;;;3*+2/p-6. The van der Waals surface area contributed by atoms with Gasteiger partial charge in [0.2, 0.25) is 0 Å². The van der Waals surface area contributed by atoms with Gasteiger partial charge in [0, 0.05) is 0 Å².